The second-order valence-corrected chi connectivity index (χ2v) is 8.97. The highest BCUT2D eigenvalue weighted by Crippen LogP contribution is 2.32. The summed E-state index contributed by atoms with van der Waals surface area (Å²) in [5, 5.41) is 3.69. The van der Waals surface area contributed by atoms with Gasteiger partial charge in [-0.25, -0.2) is 15.0 Å². The van der Waals surface area contributed by atoms with Gasteiger partial charge < -0.3 is 20.0 Å². The van der Waals surface area contributed by atoms with Gasteiger partial charge in [0.15, 0.2) is 5.65 Å². The van der Waals surface area contributed by atoms with Gasteiger partial charge in [0.2, 0.25) is 0 Å². The van der Waals surface area contributed by atoms with Gasteiger partial charge in [0.1, 0.15) is 17.9 Å². The summed E-state index contributed by atoms with van der Waals surface area (Å²) in [6, 6.07) is 9.83. The number of rotatable bonds is 6. The molecule has 5 heterocycles. The number of pyridine rings is 3. The van der Waals surface area contributed by atoms with Crippen molar-refractivity contribution in [3.63, 3.8) is 0 Å². The molecule has 0 amide bonds. The van der Waals surface area contributed by atoms with E-state index in [4.69, 9.17) is 11.6 Å². The molecule has 4 aromatic heterocycles. The van der Waals surface area contributed by atoms with E-state index in [9.17, 15) is 4.79 Å². The molecule has 0 aromatic carbocycles. The number of likely N-dealkylation sites (N-methyl/N-ethyl adjacent to an activating group) is 1. The van der Waals surface area contributed by atoms with E-state index in [1.54, 1.807) is 18.6 Å². The molecule has 0 saturated carbocycles. The number of fused-ring (bicyclic) bond motifs is 1. The minimum absolute atomic E-state index is 0.182. The molecule has 5 rings (SSSR count). The lowest BCUT2D eigenvalue weighted by molar-refractivity contribution is -0.111. The number of piperidine rings is 1. The van der Waals surface area contributed by atoms with Gasteiger partial charge in [0.05, 0.1) is 16.2 Å². The van der Waals surface area contributed by atoms with Gasteiger partial charge in [0, 0.05) is 56.1 Å². The Morgan fingerprint density at radius 3 is 2.66 bits per heavy atom. The zero-order valence-corrected chi connectivity index (χ0v) is 20.8. The van der Waals surface area contributed by atoms with E-state index in [1.165, 1.54) is 0 Å². The fourth-order valence-electron chi connectivity index (χ4n) is 4.07. The standard InChI is InChI=1S/C17H18ClN3O.C9H12N4/c1-12-3-2-6-19-17(12)14-9-16(20-10-15(14)18)21-7-4-13(11-22)5-8-21;1-10-6-4-8-12-7-3-2-5-11-9(7)13-8/h2-3,6,9-11,13H,4-5,7-8H2,1H3;2-3,5,10H,4,6H2,1H3,(H,11,12,13). The number of carbonyl (C=O) groups is 1. The molecule has 1 aliphatic rings. The van der Waals surface area contributed by atoms with Crippen molar-refractivity contribution in [2.24, 2.45) is 5.92 Å². The van der Waals surface area contributed by atoms with Crippen LogP contribution >= 0.6 is 11.6 Å². The van der Waals surface area contributed by atoms with Crippen LogP contribution in [0.15, 0.2) is 48.9 Å². The van der Waals surface area contributed by atoms with Crippen LogP contribution in [0.25, 0.3) is 22.4 Å². The molecule has 1 aliphatic heterocycles. The number of halogens is 1. The Balaban J connectivity index is 0.000000189. The number of imidazole rings is 1. The lowest BCUT2D eigenvalue weighted by Gasteiger charge is -2.30. The molecule has 0 atom stereocenters. The average molecular weight is 492 g/mol. The molecule has 0 bridgehead atoms. The zero-order chi connectivity index (χ0) is 24.6. The number of nitrogens with zero attached hydrogens (tertiary/aromatic N) is 5. The summed E-state index contributed by atoms with van der Waals surface area (Å²) in [5.41, 5.74) is 4.68. The lowest BCUT2D eigenvalue weighted by Crippen LogP contribution is -2.34. The summed E-state index contributed by atoms with van der Waals surface area (Å²) in [7, 11) is 1.93. The fourth-order valence-corrected chi connectivity index (χ4v) is 4.26. The molecule has 0 unspecified atom stereocenters. The number of aromatic nitrogens is 5. The summed E-state index contributed by atoms with van der Waals surface area (Å²) < 4.78 is 0. The highest BCUT2D eigenvalue weighted by atomic mass is 35.5. The summed E-state index contributed by atoms with van der Waals surface area (Å²) in [6.45, 7) is 4.64. The first kappa shape index (κ1) is 24.8. The maximum Gasteiger partial charge on any atom is 0.177 e. The van der Waals surface area contributed by atoms with Crippen molar-refractivity contribution in [3.8, 4) is 11.3 Å². The Hall–Kier alpha value is -3.36. The van der Waals surface area contributed by atoms with Crippen molar-refractivity contribution < 1.29 is 4.79 Å². The molecule has 8 nitrogen and oxygen atoms in total. The molecule has 0 aliphatic carbocycles. The number of hydrogen-bond donors (Lipinski definition) is 2. The largest absolute Gasteiger partial charge is 0.357 e. The Kier molecular flexibility index (Phi) is 8.39. The van der Waals surface area contributed by atoms with Crippen LogP contribution < -0.4 is 10.2 Å². The van der Waals surface area contributed by atoms with Gasteiger partial charge in [-0.05, 0) is 56.6 Å². The zero-order valence-electron chi connectivity index (χ0n) is 20.0. The van der Waals surface area contributed by atoms with Gasteiger partial charge in [-0.15, -0.1) is 0 Å². The average Bonchev–Trinajstić information content (AvgIpc) is 3.32. The van der Waals surface area contributed by atoms with Gasteiger partial charge in [-0.3, -0.25) is 4.98 Å². The minimum Gasteiger partial charge on any atom is -0.357 e. The fraction of sp³-hybridized carbons (Fsp3) is 0.346. The van der Waals surface area contributed by atoms with Crippen molar-refractivity contribution in [1.29, 1.82) is 0 Å². The first-order chi connectivity index (χ1) is 17.1. The van der Waals surface area contributed by atoms with Crippen LogP contribution in [0, 0.1) is 12.8 Å². The van der Waals surface area contributed by atoms with Crippen molar-refractivity contribution in [3.05, 3.63) is 65.3 Å². The molecule has 4 aromatic rings. The highest BCUT2D eigenvalue weighted by molar-refractivity contribution is 6.33. The minimum atomic E-state index is 0.182. The number of H-pyrrole nitrogens is 1. The molecule has 9 heteroatoms. The molecule has 35 heavy (non-hydrogen) atoms. The van der Waals surface area contributed by atoms with Crippen LogP contribution in [0.1, 0.15) is 24.2 Å². The normalized spacial score (nSPS) is 14.0. The van der Waals surface area contributed by atoms with Crippen LogP contribution in [0.5, 0.6) is 0 Å². The number of aryl methyl sites for hydroxylation is 1. The maximum absolute atomic E-state index is 10.9. The van der Waals surface area contributed by atoms with Crippen molar-refractivity contribution in [2.75, 3.05) is 31.6 Å². The predicted molar refractivity (Wildman–Crippen MR) is 140 cm³/mol. The maximum atomic E-state index is 10.9. The van der Waals surface area contributed by atoms with Gasteiger partial charge >= 0.3 is 0 Å². The van der Waals surface area contributed by atoms with E-state index >= 15 is 0 Å². The summed E-state index contributed by atoms with van der Waals surface area (Å²) >= 11 is 6.32. The number of aldehydes is 1. The summed E-state index contributed by atoms with van der Waals surface area (Å²) in [6.07, 6.45) is 8.95. The van der Waals surface area contributed by atoms with Gasteiger partial charge in [0.25, 0.3) is 0 Å². The van der Waals surface area contributed by atoms with E-state index < -0.39 is 0 Å². The highest BCUT2D eigenvalue weighted by Gasteiger charge is 2.20. The third kappa shape index (κ3) is 6.21. The molecule has 182 valence electrons. The van der Waals surface area contributed by atoms with Crippen LogP contribution in [0.4, 0.5) is 5.82 Å². The molecule has 0 radical (unpaired) electrons. The predicted octanol–water partition coefficient (Wildman–Crippen LogP) is 4.24. The van der Waals surface area contributed by atoms with Gasteiger partial charge in [-0.1, -0.05) is 17.7 Å². The Morgan fingerprint density at radius 2 is 1.94 bits per heavy atom. The first-order valence-corrected chi connectivity index (χ1v) is 12.2. The number of hydrogen-bond acceptors (Lipinski definition) is 7. The Morgan fingerprint density at radius 1 is 1.17 bits per heavy atom. The first-order valence-electron chi connectivity index (χ1n) is 11.8. The monoisotopic (exact) mass is 491 g/mol. The third-order valence-corrected chi connectivity index (χ3v) is 6.38. The Bertz CT molecular complexity index is 1230. The lowest BCUT2D eigenvalue weighted by atomic mass is 9.98. The smallest absolute Gasteiger partial charge is 0.177 e. The Labute approximate surface area is 210 Å². The van der Waals surface area contributed by atoms with E-state index in [0.717, 1.165) is 84.8 Å². The molecular formula is C26H30ClN7O. The topological polar surface area (TPSA) is 99.7 Å². The van der Waals surface area contributed by atoms with Crippen molar-refractivity contribution in [1.82, 2.24) is 30.2 Å². The van der Waals surface area contributed by atoms with Crippen LogP contribution in [-0.2, 0) is 11.2 Å². The van der Waals surface area contributed by atoms with Gasteiger partial charge in [-0.2, -0.15) is 0 Å². The van der Waals surface area contributed by atoms with Crippen LogP contribution in [0.2, 0.25) is 5.02 Å². The second-order valence-electron chi connectivity index (χ2n) is 8.56. The molecule has 0 spiro atoms. The molecule has 1 fully saturated rings. The number of aromatic amines is 1. The number of carbonyl (C=O) groups excluding carboxylic acids is 1. The number of nitrogens with one attached hydrogen (secondary N) is 2. The van der Waals surface area contributed by atoms with E-state index in [2.05, 4.69) is 35.1 Å². The molecular weight excluding hydrogens is 462 g/mol. The molecule has 2 N–H and O–H groups in total. The van der Waals surface area contributed by atoms with Crippen LogP contribution in [-0.4, -0.2) is 57.9 Å². The van der Waals surface area contributed by atoms with Crippen molar-refractivity contribution in [2.45, 2.75) is 26.2 Å². The van der Waals surface area contributed by atoms with E-state index in [0.29, 0.717) is 5.02 Å². The van der Waals surface area contributed by atoms with E-state index in [1.807, 2.05) is 44.3 Å². The molecule has 1 saturated heterocycles. The van der Waals surface area contributed by atoms with Crippen LogP contribution in [0.3, 0.4) is 0 Å². The second kappa shape index (κ2) is 11.9. The third-order valence-electron chi connectivity index (χ3n) is 6.08. The SMILES string of the molecule is CNCCc1nc2ncccc2[nH]1.Cc1cccnc1-c1cc(N2CCC(C=O)CC2)ncc1Cl. The van der Waals surface area contributed by atoms with E-state index in [-0.39, 0.29) is 5.92 Å². The summed E-state index contributed by atoms with van der Waals surface area (Å²) in [4.78, 5) is 33.7. The number of anilines is 1. The quantitative estimate of drug-likeness (QED) is 0.389. The summed E-state index contributed by atoms with van der Waals surface area (Å²) in [5.74, 6) is 2.07. The van der Waals surface area contributed by atoms with Crippen molar-refractivity contribution >= 4 is 34.9 Å².